The second-order valence-corrected chi connectivity index (χ2v) is 6.08. The highest BCUT2D eigenvalue weighted by Gasteiger charge is 2.21. The van der Waals surface area contributed by atoms with Crippen LogP contribution in [0.2, 0.25) is 0 Å². The molecule has 0 aliphatic carbocycles. The Labute approximate surface area is 145 Å². The van der Waals surface area contributed by atoms with Gasteiger partial charge in [0.1, 0.15) is 0 Å². The molecule has 1 rings (SSSR count). The molecular weight excluding hydrogens is 302 g/mol. The minimum atomic E-state index is -0.571. The van der Waals surface area contributed by atoms with E-state index in [9.17, 15) is 9.59 Å². The van der Waals surface area contributed by atoms with E-state index in [1.165, 1.54) is 4.90 Å². The van der Waals surface area contributed by atoms with Gasteiger partial charge in [0, 0.05) is 24.8 Å². The summed E-state index contributed by atoms with van der Waals surface area (Å²) in [4.78, 5) is 28.1. The number of benzene rings is 1. The number of anilines is 1. The predicted molar refractivity (Wildman–Crippen MR) is 99.0 cm³/mol. The molecule has 0 spiro atoms. The van der Waals surface area contributed by atoms with Gasteiger partial charge in [0.15, 0.2) is 0 Å². The molecule has 0 atom stereocenters. The summed E-state index contributed by atoms with van der Waals surface area (Å²) in [6.45, 7) is 9.75. The summed E-state index contributed by atoms with van der Waals surface area (Å²) in [5.41, 5.74) is 0.691. The molecule has 24 heavy (non-hydrogen) atoms. The van der Waals surface area contributed by atoms with Crippen molar-refractivity contribution in [3.63, 3.8) is 0 Å². The minimum absolute atomic E-state index is 0.301. The first kappa shape index (κ1) is 19.9. The second-order valence-electron chi connectivity index (χ2n) is 6.08. The van der Waals surface area contributed by atoms with Gasteiger partial charge in [-0.2, -0.15) is 0 Å². The van der Waals surface area contributed by atoms with Gasteiger partial charge >= 0.3 is 11.8 Å². The van der Waals surface area contributed by atoms with Crippen LogP contribution in [0.5, 0.6) is 0 Å². The van der Waals surface area contributed by atoms with Crippen LogP contribution in [0.4, 0.5) is 5.69 Å². The zero-order chi connectivity index (χ0) is 17.9. The Morgan fingerprint density at radius 2 is 1.88 bits per heavy atom. The van der Waals surface area contributed by atoms with E-state index in [-0.39, 0.29) is 0 Å². The maximum Gasteiger partial charge on any atom is 0.316 e. The molecule has 0 heterocycles. The summed E-state index contributed by atoms with van der Waals surface area (Å²) in [6.07, 6.45) is 3.45. The molecule has 0 radical (unpaired) electrons. The van der Waals surface area contributed by atoms with Crippen molar-refractivity contribution in [1.29, 1.82) is 0 Å². The number of nitrogens with one attached hydrogen (secondary N) is 1. The standard InChI is InChI=1S/C19H29N3O2/c1-5-14-22(17-11-7-6-8-12-17)19(24)18(23)20-13-9-10-15-21(4)16(2)3/h5-8,11-12,16H,1,9-10,13-15H2,2-4H3,(H,20,23). The molecule has 0 unspecified atom stereocenters. The number of amides is 2. The first-order chi connectivity index (χ1) is 11.5. The minimum Gasteiger partial charge on any atom is -0.348 e. The lowest BCUT2D eigenvalue weighted by Gasteiger charge is -2.21. The molecule has 0 saturated carbocycles. The molecule has 0 aliphatic rings. The Kier molecular flexibility index (Phi) is 8.79. The number of carbonyl (C=O) groups excluding carboxylic acids is 2. The smallest absolute Gasteiger partial charge is 0.316 e. The lowest BCUT2D eigenvalue weighted by Crippen LogP contribution is -2.43. The van der Waals surface area contributed by atoms with E-state index >= 15 is 0 Å². The summed E-state index contributed by atoms with van der Waals surface area (Å²) < 4.78 is 0. The van der Waals surface area contributed by atoms with Crippen LogP contribution in [0, 0.1) is 0 Å². The molecule has 1 aromatic rings. The molecule has 2 amide bonds. The van der Waals surface area contributed by atoms with E-state index < -0.39 is 11.8 Å². The van der Waals surface area contributed by atoms with Gasteiger partial charge in [0.05, 0.1) is 0 Å². The zero-order valence-corrected chi connectivity index (χ0v) is 15.0. The van der Waals surface area contributed by atoms with Crippen LogP contribution in [0.1, 0.15) is 26.7 Å². The monoisotopic (exact) mass is 331 g/mol. The third-order valence-electron chi connectivity index (χ3n) is 3.92. The highest BCUT2D eigenvalue weighted by Crippen LogP contribution is 2.13. The second kappa shape index (κ2) is 10.6. The van der Waals surface area contributed by atoms with Gasteiger partial charge in [-0.3, -0.25) is 9.59 Å². The van der Waals surface area contributed by atoms with Crippen molar-refractivity contribution in [3.8, 4) is 0 Å². The highest BCUT2D eigenvalue weighted by atomic mass is 16.2. The molecule has 1 aromatic carbocycles. The summed E-state index contributed by atoms with van der Waals surface area (Å²) in [6, 6.07) is 9.66. The third kappa shape index (κ3) is 6.54. The number of unbranched alkanes of at least 4 members (excludes halogenated alkanes) is 1. The third-order valence-corrected chi connectivity index (χ3v) is 3.92. The van der Waals surface area contributed by atoms with Gasteiger partial charge in [-0.05, 0) is 52.4 Å². The number of rotatable bonds is 9. The quantitative estimate of drug-likeness (QED) is 0.430. The SMILES string of the molecule is C=CCN(C(=O)C(=O)NCCCCN(C)C(C)C)c1ccccc1. The Morgan fingerprint density at radius 3 is 2.46 bits per heavy atom. The molecule has 5 nitrogen and oxygen atoms in total. The van der Waals surface area contributed by atoms with E-state index in [0.29, 0.717) is 24.8 Å². The zero-order valence-electron chi connectivity index (χ0n) is 15.0. The fourth-order valence-electron chi connectivity index (χ4n) is 2.19. The number of carbonyl (C=O) groups is 2. The van der Waals surface area contributed by atoms with Gasteiger partial charge < -0.3 is 15.1 Å². The topological polar surface area (TPSA) is 52.7 Å². The van der Waals surface area contributed by atoms with Crippen LogP contribution in [0.3, 0.4) is 0 Å². The maximum atomic E-state index is 12.4. The van der Waals surface area contributed by atoms with E-state index in [1.54, 1.807) is 18.2 Å². The first-order valence-corrected chi connectivity index (χ1v) is 8.43. The van der Waals surface area contributed by atoms with Gasteiger partial charge in [0.25, 0.3) is 0 Å². The van der Waals surface area contributed by atoms with Crippen molar-refractivity contribution in [3.05, 3.63) is 43.0 Å². The van der Waals surface area contributed by atoms with Crippen molar-refractivity contribution < 1.29 is 9.59 Å². The van der Waals surface area contributed by atoms with Crippen LogP contribution in [0.25, 0.3) is 0 Å². The summed E-state index contributed by atoms with van der Waals surface area (Å²) in [5.74, 6) is -1.13. The van der Waals surface area contributed by atoms with Gasteiger partial charge in [-0.15, -0.1) is 6.58 Å². The average molecular weight is 331 g/mol. The summed E-state index contributed by atoms with van der Waals surface area (Å²) in [7, 11) is 2.08. The van der Waals surface area contributed by atoms with Crippen LogP contribution in [-0.4, -0.2) is 49.4 Å². The normalized spacial score (nSPS) is 10.7. The van der Waals surface area contributed by atoms with Crippen LogP contribution >= 0.6 is 0 Å². The van der Waals surface area contributed by atoms with Crippen LogP contribution in [0.15, 0.2) is 43.0 Å². The Morgan fingerprint density at radius 1 is 1.21 bits per heavy atom. The van der Waals surface area contributed by atoms with Gasteiger partial charge in [0.2, 0.25) is 0 Å². The molecule has 132 valence electrons. The Balaban J connectivity index is 2.45. The molecule has 5 heteroatoms. The average Bonchev–Trinajstić information content (AvgIpc) is 2.59. The Bertz CT molecular complexity index is 529. The molecule has 0 saturated heterocycles. The van der Waals surface area contributed by atoms with Crippen molar-refractivity contribution in [2.45, 2.75) is 32.7 Å². The van der Waals surface area contributed by atoms with Crippen molar-refractivity contribution >= 4 is 17.5 Å². The summed E-state index contributed by atoms with van der Waals surface area (Å²) in [5, 5.41) is 2.71. The molecular formula is C19H29N3O2. The maximum absolute atomic E-state index is 12.4. The van der Waals surface area contributed by atoms with E-state index in [1.807, 2.05) is 18.2 Å². The summed E-state index contributed by atoms with van der Waals surface area (Å²) >= 11 is 0. The number of nitrogens with zero attached hydrogens (tertiary/aromatic N) is 2. The number of hydrogen-bond donors (Lipinski definition) is 1. The fraction of sp³-hybridized carbons (Fsp3) is 0.474. The molecule has 1 N–H and O–H groups in total. The van der Waals surface area contributed by atoms with E-state index in [0.717, 1.165) is 19.4 Å². The highest BCUT2D eigenvalue weighted by molar-refractivity contribution is 6.40. The fourth-order valence-corrected chi connectivity index (χ4v) is 2.19. The van der Waals surface area contributed by atoms with Gasteiger partial charge in [-0.25, -0.2) is 0 Å². The van der Waals surface area contributed by atoms with E-state index in [2.05, 4.69) is 37.7 Å². The molecule has 0 fully saturated rings. The van der Waals surface area contributed by atoms with Crippen LogP contribution in [-0.2, 0) is 9.59 Å². The van der Waals surface area contributed by atoms with E-state index in [4.69, 9.17) is 0 Å². The number of hydrogen-bond acceptors (Lipinski definition) is 3. The van der Waals surface area contributed by atoms with Crippen molar-refractivity contribution in [1.82, 2.24) is 10.2 Å². The molecule has 0 bridgehead atoms. The largest absolute Gasteiger partial charge is 0.348 e. The Hall–Kier alpha value is -2.14. The first-order valence-electron chi connectivity index (χ1n) is 8.43. The molecule has 0 aromatic heterocycles. The molecule has 0 aliphatic heterocycles. The van der Waals surface area contributed by atoms with Crippen molar-refractivity contribution in [2.75, 3.05) is 31.6 Å². The number of para-hydroxylation sites is 1. The van der Waals surface area contributed by atoms with Crippen molar-refractivity contribution in [2.24, 2.45) is 0 Å². The lowest BCUT2D eigenvalue weighted by atomic mass is 10.2. The predicted octanol–water partition coefficient (Wildman–Crippen LogP) is 2.44. The van der Waals surface area contributed by atoms with Gasteiger partial charge in [-0.1, -0.05) is 24.3 Å². The lowest BCUT2D eigenvalue weighted by molar-refractivity contribution is -0.137. The van der Waals surface area contributed by atoms with Crippen LogP contribution < -0.4 is 10.2 Å².